The van der Waals surface area contributed by atoms with Gasteiger partial charge < -0.3 is 15.1 Å². The number of nitrogens with zero attached hydrogens (tertiary/aromatic N) is 5. The van der Waals surface area contributed by atoms with Crippen molar-refractivity contribution >= 4 is 23.3 Å². The summed E-state index contributed by atoms with van der Waals surface area (Å²) >= 11 is 0. The third kappa shape index (κ3) is 4.00. The smallest absolute Gasteiger partial charge is 0.229 e. The lowest BCUT2D eigenvalue weighted by atomic mass is 10.3. The molecule has 1 aromatic carbocycles. The number of halogens is 2. The molecule has 2 aromatic heterocycles. The first kappa shape index (κ1) is 18.1. The Kier molecular flexibility index (Phi) is 5.01. The minimum absolute atomic E-state index is 0.137. The third-order valence-corrected chi connectivity index (χ3v) is 4.60. The largest absolute Gasteiger partial charge is 0.353 e. The Hall–Kier alpha value is -3.29. The van der Waals surface area contributed by atoms with Crippen molar-refractivity contribution in [1.29, 1.82) is 0 Å². The van der Waals surface area contributed by atoms with Crippen molar-refractivity contribution in [3.8, 4) is 0 Å². The van der Waals surface area contributed by atoms with E-state index in [0.29, 0.717) is 0 Å². The van der Waals surface area contributed by atoms with Crippen molar-refractivity contribution in [3.05, 3.63) is 66.0 Å². The van der Waals surface area contributed by atoms with E-state index in [1.807, 2.05) is 31.2 Å². The molecule has 1 fully saturated rings. The number of pyridine rings is 1. The van der Waals surface area contributed by atoms with Gasteiger partial charge in [0, 0.05) is 50.2 Å². The van der Waals surface area contributed by atoms with Crippen LogP contribution in [0.2, 0.25) is 0 Å². The molecule has 144 valence electrons. The molecular formula is C20H20F2N6. The number of piperazine rings is 1. The summed E-state index contributed by atoms with van der Waals surface area (Å²) in [6.07, 6.45) is 1.79. The summed E-state index contributed by atoms with van der Waals surface area (Å²) in [5.74, 6) is 0.719. The average Bonchev–Trinajstić information content (AvgIpc) is 2.70. The molecule has 0 atom stereocenters. The van der Waals surface area contributed by atoms with Crippen molar-refractivity contribution < 1.29 is 8.78 Å². The van der Waals surface area contributed by atoms with Crippen molar-refractivity contribution in [1.82, 2.24) is 15.0 Å². The van der Waals surface area contributed by atoms with E-state index in [1.165, 1.54) is 12.1 Å². The third-order valence-electron chi connectivity index (χ3n) is 4.60. The van der Waals surface area contributed by atoms with E-state index in [4.69, 9.17) is 0 Å². The van der Waals surface area contributed by atoms with Crippen LogP contribution in [-0.4, -0.2) is 41.1 Å². The van der Waals surface area contributed by atoms with Gasteiger partial charge in [-0.15, -0.1) is 0 Å². The maximum atomic E-state index is 13.9. The second-order valence-corrected chi connectivity index (χ2v) is 6.60. The Morgan fingerprint density at radius 2 is 1.64 bits per heavy atom. The van der Waals surface area contributed by atoms with Crippen LogP contribution in [0.15, 0.2) is 48.7 Å². The lowest BCUT2D eigenvalue weighted by Gasteiger charge is -2.36. The van der Waals surface area contributed by atoms with Gasteiger partial charge in [-0.2, -0.15) is 4.98 Å². The van der Waals surface area contributed by atoms with Gasteiger partial charge in [-0.1, -0.05) is 6.07 Å². The molecule has 0 radical (unpaired) electrons. The van der Waals surface area contributed by atoms with Crippen LogP contribution < -0.4 is 15.1 Å². The van der Waals surface area contributed by atoms with Crippen molar-refractivity contribution in [2.45, 2.75) is 6.92 Å². The maximum absolute atomic E-state index is 13.9. The van der Waals surface area contributed by atoms with E-state index in [-0.39, 0.29) is 11.6 Å². The van der Waals surface area contributed by atoms with E-state index in [9.17, 15) is 8.78 Å². The summed E-state index contributed by atoms with van der Waals surface area (Å²) in [7, 11) is 0. The van der Waals surface area contributed by atoms with Crippen LogP contribution in [-0.2, 0) is 0 Å². The molecule has 0 saturated carbocycles. The number of aryl methyl sites for hydroxylation is 1. The number of aromatic nitrogens is 3. The average molecular weight is 382 g/mol. The molecule has 0 unspecified atom stereocenters. The second kappa shape index (κ2) is 7.75. The number of hydrogen-bond acceptors (Lipinski definition) is 6. The SMILES string of the molecule is Cc1cc(N2CCN(c3ccccn3)CC2)nc(Nc2ccc(F)cc2F)n1. The first-order valence-corrected chi connectivity index (χ1v) is 9.07. The Morgan fingerprint density at radius 1 is 0.893 bits per heavy atom. The minimum Gasteiger partial charge on any atom is -0.353 e. The molecule has 4 rings (SSSR count). The Balaban J connectivity index is 1.48. The van der Waals surface area contributed by atoms with Gasteiger partial charge in [0.1, 0.15) is 23.3 Å². The van der Waals surface area contributed by atoms with Crippen LogP contribution in [0.5, 0.6) is 0 Å². The van der Waals surface area contributed by atoms with Crippen LogP contribution in [0.1, 0.15) is 5.69 Å². The molecule has 3 heterocycles. The topological polar surface area (TPSA) is 57.2 Å². The number of benzene rings is 1. The van der Waals surface area contributed by atoms with E-state index < -0.39 is 11.6 Å². The summed E-state index contributed by atoms with van der Waals surface area (Å²) in [6.45, 7) is 5.10. The molecule has 3 aromatic rings. The zero-order chi connectivity index (χ0) is 19.5. The van der Waals surface area contributed by atoms with Crippen molar-refractivity contribution in [2.24, 2.45) is 0 Å². The van der Waals surface area contributed by atoms with Gasteiger partial charge in [0.2, 0.25) is 5.95 Å². The molecule has 1 aliphatic heterocycles. The molecule has 1 N–H and O–H groups in total. The zero-order valence-corrected chi connectivity index (χ0v) is 15.4. The van der Waals surface area contributed by atoms with Crippen LogP contribution in [0, 0.1) is 18.6 Å². The standard InChI is InChI=1S/C20H20F2N6/c1-14-12-19(26-20(24-14)25-17-6-5-15(21)13-16(17)22)28-10-8-27(9-11-28)18-4-2-3-7-23-18/h2-7,12-13H,8-11H2,1H3,(H,24,25,26). The van der Waals surface area contributed by atoms with Gasteiger partial charge in [-0.25, -0.2) is 18.7 Å². The monoisotopic (exact) mass is 382 g/mol. The molecule has 28 heavy (non-hydrogen) atoms. The predicted molar refractivity (Wildman–Crippen MR) is 105 cm³/mol. The first-order chi connectivity index (χ1) is 13.6. The molecule has 1 aliphatic rings. The van der Waals surface area contributed by atoms with E-state index in [1.54, 1.807) is 6.20 Å². The number of nitrogens with one attached hydrogen (secondary N) is 1. The van der Waals surface area contributed by atoms with Crippen LogP contribution in [0.3, 0.4) is 0 Å². The fourth-order valence-corrected chi connectivity index (χ4v) is 3.19. The van der Waals surface area contributed by atoms with E-state index in [2.05, 4.69) is 30.1 Å². The summed E-state index contributed by atoms with van der Waals surface area (Å²) in [5.41, 5.74) is 0.903. The Bertz CT molecular complexity index is 958. The van der Waals surface area contributed by atoms with Gasteiger partial charge in [-0.3, -0.25) is 0 Å². The summed E-state index contributed by atoms with van der Waals surface area (Å²) < 4.78 is 27.0. The molecule has 1 saturated heterocycles. The first-order valence-electron chi connectivity index (χ1n) is 9.07. The minimum atomic E-state index is -0.685. The molecule has 0 bridgehead atoms. The van der Waals surface area contributed by atoms with Crippen LogP contribution in [0.25, 0.3) is 0 Å². The zero-order valence-electron chi connectivity index (χ0n) is 15.4. The molecule has 8 heteroatoms. The van der Waals surface area contributed by atoms with Gasteiger partial charge in [0.05, 0.1) is 5.69 Å². The fraction of sp³-hybridized carbons (Fsp3) is 0.250. The highest BCUT2D eigenvalue weighted by atomic mass is 19.1. The lowest BCUT2D eigenvalue weighted by Crippen LogP contribution is -2.47. The maximum Gasteiger partial charge on any atom is 0.229 e. The number of rotatable bonds is 4. The van der Waals surface area contributed by atoms with Crippen molar-refractivity contribution in [3.63, 3.8) is 0 Å². The van der Waals surface area contributed by atoms with Crippen LogP contribution >= 0.6 is 0 Å². The predicted octanol–water partition coefficient (Wildman–Crippen LogP) is 3.53. The number of anilines is 4. The highest BCUT2D eigenvalue weighted by molar-refractivity contribution is 5.57. The molecule has 6 nitrogen and oxygen atoms in total. The highest BCUT2D eigenvalue weighted by Crippen LogP contribution is 2.22. The highest BCUT2D eigenvalue weighted by Gasteiger charge is 2.20. The summed E-state index contributed by atoms with van der Waals surface area (Å²) in [4.78, 5) is 17.6. The molecule has 0 spiro atoms. The van der Waals surface area contributed by atoms with Gasteiger partial charge in [0.25, 0.3) is 0 Å². The van der Waals surface area contributed by atoms with E-state index in [0.717, 1.165) is 49.6 Å². The lowest BCUT2D eigenvalue weighted by molar-refractivity contribution is 0.586. The summed E-state index contributed by atoms with van der Waals surface area (Å²) in [5, 5.41) is 2.84. The normalized spacial score (nSPS) is 14.2. The second-order valence-electron chi connectivity index (χ2n) is 6.60. The summed E-state index contributed by atoms with van der Waals surface area (Å²) in [6, 6.07) is 11.2. The van der Waals surface area contributed by atoms with Gasteiger partial charge >= 0.3 is 0 Å². The molecular weight excluding hydrogens is 362 g/mol. The fourth-order valence-electron chi connectivity index (χ4n) is 3.19. The Labute approximate surface area is 161 Å². The number of hydrogen-bond donors (Lipinski definition) is 1. The quantitative estimate of drug-likeness (QED) is 0.745. The molecule has 0 amide bonds. The van der Waals surface area contributed by atoms with Crippen molar-refractivity contribution in [2.75, 3.05) is 41.3 Å². The van der Waals surface area contributed by atoms with Gasteiger partial charge in [-0.05, 0) is 31.2 Å². The van der Waals surface area contributed by atoms with Gasteiger partial charge in [0.15, 0.2) is 0 Å². The Morgan fingerprint density at radius 3 is 2.32 bits per heavy atom. The van der Waals surface area contributed by atoms with E-state index >= 15 is 0 Å². The molecule has 0 aliphatic carbocycles. The van der Waals surface area contributed by atoms with Crippen LogP contribution in [0.4, 0.5) is 32.1 Å².